The van der Waals surface area contributed by atoms with Crippen LogP contribution in [-0.4, -0.2) is 36.3 Å². The lowest BCUT2D eigenvalue weighted by Crippen LogP contribution is -2.40. The Morgan fingerprint density at radius 1 is 1.22 bits per heavy atom. The van der Waals surface area contributed by atoms with Crippen LogP contribution in [0.4, 0.5) is 18.9 Å². The Balaban J connectivity index is 2.11. The fourth-order valence-corrected chi connectivity index (χ4v) is 1.94. The van der Waals surface area contributed by atoms with Gasteiger partial charge in [-0.1, -0.05) is 18.2 Å². The first kappa shape index (κ1) is 16.7. The SMILES string of the molecule is NC(=Nc1cccc(OC(F)(F)F)c1)/N=C(\N)N1CC=CCC1. The maximum Gasteiger partial charge on any atom is 0.573 e. The number of guanidine groups is 2. The molecule has 0 unspecified atom stereocenters. The van der Waals surface area contributed by atoms with Crippen molar-refractivity contribution in [3.63, 3.8) is 0 Å². The molecule has 4 N–H and O–H groups in total. The van der Waals surface area contributed by atoms with Crippen LogP contribution in [0.15, 0.2) is 46.4 Å². The molecular weight excluding hydrogens is 311 g/mol. The molecule has 0 atom stereocenters. The highest BCUT2D eigenvalue weighted by Crippen LogP contribution is 2.26. The highest BCUT2D eigenvalue weighted by Gasteiger charge is 2.31. The minimum atomic E-state index is -4.77. The van der Waals surface area contributed by atoms with E-state index >= 15 is 0 Å². The molecule has 9 heteroatoms. The van der Waals surface area contributed by atoms with Crippen LogP contribution in [-0.2, 0) is 0 Å². The number of benzene rings is 1. The summed E-state index contributed by atoms with van der Waals surface area (Å²) in [5.74, 6) is -0.329. The molecule has 1 aliphatic heterocycles. The number of rotatable bonds is 2. The van der Waals surface area contributed by atoms with Gasteiger partial charge in [0.15, 0.2) is 5.96 Å². The quantitative estimate of drug-likeness (QED) is 0.494. The van der Waals surface area contributed by atoms with Gasteiger partial charge in [-0.25, -0.2) is 4.99 Å². The molecule has 1 aromatic carbocycles. The molecule has 1 aliphatic rings. The molecule has 0 spiro atoms. The van der Waals surface area contributed by atoms with E-state index in [1.807, 2.05) is 17.1 Å². The maximum atomic E-state index is 12.2. The number of alkyl halides is 3. The van der Waals surface area contributed by atoms with Gasteiger partial charge >= 0.3 is 6.36 Å². The van der Waals surface area contributed by atoms with E-state index in [2.05, 4.69) is 14.7 Å². The van der Waals surface area contributed by atoms with Gasteiger partial charge in [0.2, 0.25) is 5.96 Å². The van der Waals surface area contributed by atoms with Gasteiger partial charge in [0, 0.05) is 19.2 Å². The largest absolute Gasteiger partial charge is 0.573 e. The standard InChI is InChI=1S/C14H16F3N5O/c15-14(16,17)23-11-6-4-5-10(9-11)20-12(18)21-13(19)22-7-2-1-3-8-22/h1-2,4-6,9H,3,7-8H2,(H4,18,19,20,21). The highest BCUT2D eigenvalue weighted by molar-refractivity contribution is 5.94. The molecule has 0 aromatic heterocycles. The van der Waals surface area contributed by atoms with E-state index in [1.165, 1.54) is 18.2 Å². The third-order valence-corrected chi connectivity index (χ3v) is 2.91. The lowest BCUT2D eigenvalue weighted by molar-refractivity contribution is -0.274. The molecule has 124 valence electrons. The van der Waals surface area contributed by atoms with Gasteiger partial charge in [-0.05, 0) is 18.6 Å². The summed E-state index contributed by atoms with van der Waals surface area (Å²) in [6.45, 7) is 1.34. The van der Waals surface area contributed by atoms with Crippen LogP contribution >= 0.6 is 0 Å². The molecule has 6 nitrogen and oxygen atoms in total. The van der Waals surface area contributed by atoms with Crippen LogP contribution in [0.5, 0.6) is 5.75 Å². The van der Waals surface area contributed by atoms with E-state index in [-0.39, 0.29) is 23.4 Å². The molecule has 0 bridgehead atoms. The number of hydrogen-bond donors (Lipinski definition) is 2. The maximum absolute atomic E-state index is 12.2. The molecule has 1 aromatic rings. The predicted molar refractivity (Wildman–Crippen MR) is 81.4 cm³/mol. The minimum absolute atomic E-state index is 0.152. The molecule has 0 fully saturated rings. The van der Waals surface area contributed by atoms with Gasteiger partial charge < -0.3 is 21.1 Å². The highest BCUT2D eigenvalue weighted by atomic mass is 19.4. The average molecular weight is 327 g/mol. The van der Waals surface area contributed by atoms with E-state index < -0.39 is 6.36 Å². The summed E-state index contributed by atoms with van der Waals surface area (Å²) in [5, 5.41) is 0. The summed E-state index contributed by atoms with van der Waals surface area (Å²) in [5.41, 5.74) is 11.7. The van der Waals surface area contributed by atoms with Crippen molar-refractivity contribution in [2.75, 3.05) is 13.1 Å². The van der Waals surface area contributed by atoms with Crippen molar-refractivity contribution in [3.8, 4) is 5.75 Å². The van der Waals surface area contributed by atoms with E-state index in [1.54, 1.807) is 0 Å². The summed E-state index contributed by atoms with van der Waals surface area (Å²) in [6.07, 6.45) is 0.0763. The second kappa shape index (κ2) is 7.03. The molecule has 23 heavy (non-hydrogen) atoms. The van der Waals surface area contributed by atoms with Gasteiger partial charge in [0.05, 0.1) is 5.69 Å². The van der Waals surface area contributed by atoms with E-state index in [0.29, 0.717) is 13.1 Å². The Kier molecular flexibility index (Phi) is 5.09. The Bertz CT molecular complexity index is 640. The third kappa shape index (κ3) is 5.53. The molecule has 0 aliphatic carbocycles. The van der Waals surface area contributed by atoms with Crippen LogP contribution in [0.2, 0.25) is 0 Å². The first-order chi connectivity index (χ1) is 10.8. The summed E-state index contributed by atoms with van der Waals surface area (Å²) >= 11 is 0. The van der Waals surface area contributed by atoms with Gasteiger partial charge in [0.1, 0.15) is 5.75 Å². The molecular formula is C14H16F3N5O. The fraction of sp³-hybridized carbons (Fsp3) is 0.286. The zero-order valence-electron chi connectivity index (χ0n) is 12.1. The third-order valence-electron chi connectivity index (χ3n) is 2.91. The smallest absolute Gasteiger partial charge is 0.406 e. The van der Waals surface area contributed by atoms with Crippen LogP contribution in [0.3, 0.4) is 0 Å². The Hall–Kier alpha value is -2.71. The molecule has 0 amide bonds. The Morgan fingerprint density at radius 3 is 2.65 bits per heavy atom. The van der Waals surface area contributed by atoms with Crippen LogP contribution in [0.25, 0.3) is 0 Å². The van der Waals surface area contributed by atoms with E-state index in [4.69, 9.17) is 11.5 Å². The van der Waals surface area contributed by atoms with Crippen molar-refractivity contribution in [3.05, 3.63) is 36.4 Å². The van der Waals surface area contributed by atoms with Crippen molar-refractivity contribution in [2.45, 2.75) is 12.8 Å². The Morgan fingerprint density at radius 2 is 2.00 bits per heavy atom. The molecule has 0 saturated carbocycles. The number of nitrogens with zero attached hydrogens (tertiary/aromatic N) is 3. The van der Waals surface area contributed by atoms with Crippen LogP contribution < -0.4 is 16.2 Å². The van der Waals surface area contributed by atoms with Gasteiger partial charge in [-0.3, -0.25) is 0 Å². The normalized spacial score (nSPS) is 16.6. The van der Waals surface area contributed by atoms with Crippen LogP contribution in [0.1, 0.15) is 6.42 Å². The zero-order valence-corrected chi connectivity index (χ0v) is 12.1. The van der Waals surface area contributed by atoms with Crippen molar-refractivity contribution in [2.24, 2.45) is 21.5 Å². The second-order valence-electron chi connectivity index (χ2n) is 4.69. The number of aliphatic imine (C=N–C) groups is 2. The first-order valence-corrected chi connectivity index (χ1v) is 6.77. The number of nitrogens with two attached hydrogens (primary N) is 2. The lowest BCUT2D eigenvalue weighted by Gasteiger charge is -2.23. The Labute approximate surface area is 130 Å². The monoisotopic (exact) mass is 327 g/mol. The second-order valence-corrected chi connectivity index (χ2v) is 4.69. The summed E-state index contributed by atoms with van der Waals surface area (Å²) in [4.78, 5) is 9.68. The fourth-order valence-electron chi connectivity index (χ4n) is 1.94. The summed E-state index contributed by atoms with van der Waals surface area (Å²) < 4.78 is 40.4. The molecule has 1 heterocycles. The van der Waals surface area contributed by atoms with Gasteiger partial charge in [-0.2, -0.15) is 4.99 Å². The van der Waals surface area contributed by atoms with Crippen molar-refractivity contribution in [1.29, 1.82) is 0 Å². The van der Waals surface area contributed by atoms with Gasteiger partial charge in [-0.15, -0.1) is 13.2 Å². The van der Waals surface area contributed by atoms with Crippen molar-refractivity contribution >= 4 is 17.6 Å². The van der Waals surface area contributed by atoms with Crippen molar-refractivity contribution < 1.29 is 17.9 Å². The van der Waals surface area contributed by atoms with E-state index in [0.717, 1.165) is 12.5 Å². The number of hydrogen-bond acceptors (Lipinski definition) is 2. The summed E-state index contributed by atoms with van der Waals surface area (Å²) in [7, 11) is 0. The molecule has 0 saturated heterocycles. The average Bonchev–Trinajstić information content (AvgIpc) is 2.46. The zero-order chi connectivity index (χ0) is 16.9. The minimum Gasteiger partial charge on any atom is -0.406 e. The van der Waals surface area contributed by atoms with E-state index in [9.17, 15) is 13.2 Å². The number of ether oxygens (including phenoxy) is 1. The first-order valence-electron chi connectivity index (χ1n) is 6.77. The predicted octanol–water partition coefficient (Wildman–Crippen LogP) is 2.11. The van der Waals surface area contributed by atoms with Crippen molar-refractivity contribution in [1.82, 2.24) is 4.90 Å². The number of halogens is 3. The molecule has 0 radical (unpaired) electrons. The topological polar surface area (TPSA) is 89.2 Å². The van der Waals surface area contributed by atoms with Crippen LogP contribution in [0, 0.1) is 0 Å². The summed E-state index contributed by atoms with van der Waals surface area (Å²) in [6, 6.07) is 5.12. The molecule has 2 rings (SSSR count). The van der Waals surface area contributed by atoms with Gasteiger partial charge in [0.25, 0.3) is 0 Å². The lowest BCUT2D eigenvalue weighted by atomic mass is 10.3.